The zero-order valence-corrected chi connectivity index (χ0v) is 13.5. The van der Waals surface area contributed by atoms with Crippen molar-refractivity contribution in [3.63, 3.8) is 0 Å². The molecule has 1 fully saturated rings. The van der Waals surface area contributed by atoms with Crippen molar-refractivity contribution in [2.45, 2.75) is 25.4 Å². The molecule has 22 heavy (non-hydrogen) atoms. The standard InChI is InChI=1S/C15H22N2O4S/c1-22(19,20)21-10-9-17(11-13-5-3-2-4-6-13)12-14-7-8-15(18)16-14/h2-6,14H,7-12H2,1H3,(H,16,18)/t14-/m1/s1. The highest BCUT2D eigenvalue weighted by Crippen LogP contribution is 2.11. The molecule has 0 aliphatic carbocycles. The van der Waals surface area contributed by atoms with Crippen molar-refractivity contribution in [2.24, 2.45) is 0 Å². The number of carbonyl (C=O) groups excluding carboxylic acids is 1. The number of nitrogens with zero attached hydrogens (tertiary/aromatic N) is 1. The Kier molecular flexibility index (Phi) is 5.93. The van der Waals surface area contributed by atoms with E-state index in [9.17, 15) is 13.2 Å². The highest BCUT2D eigenvalue weighted by molar-refractivity contribution is 7.85. The van der Waals surface area contributed by atoms with Gasteiger partial charge in [0.2, 0.25) is 5.91 Å². The Morgan fingerprint density at radius 3 is 2.64 bits per heavy atom. The molecule has 1 aliphatic rings. The SMILES string of the molecule is CS(=O)(=O)OCCN(Cc1ccccc1)C[C@H]1CCC(=O)N1. The Labute approximate surface area is 131 Å². The van der Waals surface area contributed by atoms with E-state index in [1.807, 2.05) is 30.3 Å². The molecule has 1 aliphatic heterocycles. The minimum absolute atomic E-state index is 0.0806. The molecule has 122 valence electrons. The first-order chi connectivity index (χ1) is 10.4. The molecular weight excluding hydrogens is 304 g/mol. The first-order valence-electron chi connectivity index (χ1n) is 7.32. The maximum Gasteiger partial charge on any atom is 0.264 e. The second kappa shape index (κ2) is 7.71. The van der Waals surface area contributed by atoms with Gasteiger partial charge >= 0.3 is 0 Å². The predicted molar refractivity (Wildman–Crippen MR) is 83.7 cm³/mol. The third kappa shape index (κ3) is 6.13. The summed E-state index contributed by atoms with van der Waals surface area (Å²) < 4.78 is 26.9. The fourth-order valence-corrected chi connectivity index (χ4v) is 2.90. The number of hydrogen-bond donors (Lipinski definition) is 1. The van der Waals surface area contributed by atoms with Crippen molar-refractivity contribution in [3.8, 4) is 0 Å². The maximum atomic E-state index is 11.3. The van der Waals surface area contributed by atoms with Crippen LogP contribution in [0.2, 0.25) is 0 Å². The molecule has 1 saturated heterocycles. The molecule has 1 N–H and O–H groups in total. The van der Waals surface area contributed by atoms with E-state index < -0.39 is 10.1 Å². The van der Waals surface area contributed by atoms with Gasteiger partial charge in [0.25, 0.3) is 10.1 Å². The quantitative estimate of drug-likeness (QED) is 0.713. The number of hydrogen-bond acceptors (Lipinski definition) is 5. The van der Waals surface area contributed by atoms with Crippen LogP contribution in [0, 0.1) is 0 Å². The highest BCUT2D eigenvalue weighted by Gasteiger charge is 2.23. The summed E-state index contributed by atoms with van der Waals surface area (Å²) in [5.41, 5.74) is 1.14. The topological polar surface area (TPSA) is 75.7 Å². The molecule has 6 nitrogen and oxygen atoms in total. The summed E-state index contributed by atoms with van der Waals surface area (Å²) >= 11 is 0. The Hall–Kier alpha value is -1.44. The van der Waals surface area contributed by atoms with Crippen LogP contribution in [0.4, 0.5) is 0 Å². The first kappa shape index (κ1) is 16.9. The average molecular weight is 326 g/mol. The van der Waals surface area contributed by atoms with E-state index in [0.717, 1.165) is 18.2 Å². The van der Waals surface area contributed by atoms with Crippen molar-refractivity contribution < 1.29 is 17.4 Å². The lowest BCUT2D eigenvalue weighted by molar-refractivity contribution is -0.119. The number of benzene rings is 1. The molecule has 7 heteroatoms. The molecular formula is C15H22N2O4S. The summed E-state index contributed by atoms with van der Waals surface area (Å²) in [5.74, 6) is 0.0806. The molecule has 1 aromatic rings. The summed E-state index contributed by atoms with van der Waals surface area (Å²) in [6, 6.07) is 10.1. The number of nitrogens with one attached hydrogen (secondary N) is 1. The minimum atomic E-state index is -3.43. The smallest absolute Gasteiger partial charge is 0.264 e. The van der Waals surface area contributed by atoms with Crippen LogP contribution in [0.1, 0.15) is 18.4 Å². The Bertz CT molecular complexity index is 589. The molecule has 1 atom stereocenters. The van der Waals surface area contributed by atoms with Crippen LogP contribution in [0.15, 0.2) is 30.3 Å². The van der Waals surface area contributed by atoms with Crippen LogP contribution in [-0.2, 0) is 25.6 Å². The summed E-state index contributed by atoms with van der Waals surface area (Å²) in [7, 11) is -3.43. The van der Waals surface area contributed by atoms with E-state index in [-0.39, 0.29) is 18.6 Å². The van der Waals surface area contributed by atoms with Gasteiger partial charge in [0.1, 0.15) is 0 Å². The zero-order valence-electron chi connectivity index (χ0n) is 12.7. The molecule has 2 rings (SSSR count). The van der Waals surface area contributed by atoms with Crippen molar-refractivity contribution in [1.82, 2.24) is 10.2 Å². The summed E-state index contributed by atoms with van der Waals surface area (Å²) in [5, 5.41) is 2.94. The molecule has 1 amide bonds. The lowest BCUT2D eigenvalue weighted by atomic mass is 10.1. The number of rotatable bonds is 8. The highest BCUT2D eigenvalue weighted by atomic mass is 32.2. The Balaban J connectivity index is 1.92. The van der Waals surface area contributed by atoms with E-state index in [1.165, 1.54) is 0 Å². The van der Waals surface area contributed by atoms with E-state index in [2.05, 4.69) is 10.2 Å². The maximum absolute atomic E-state index is 11.3. The number of carbonyl (C=O) groups is 1. The monoisotopic (exact) mass is 326 g/mol. The molecule has 1 aromatic carbocycles. The van der Waals surface area contributed by atoms with Crippen molar-refractivity contribution in [3.05, 3.63) is 35.9 Å². The van der Waals surface area contributed by atoms with Crippen molar-refractivity contribution in [2.75, 3.05) is 26.0 Å². The lowest BCUT2D eigenvalue weighted by Crippen LogP contribution is -2.40. The second-order valence-electron chi connectivity index (χ2n) is 5.55. The molecule has 0 saturated carbocycles. The van der Waals surface area contributed by atoms with Gasteiger partial charge in [0.15, 0.2) is 0 Å². The molecule has 0 aromatic heterocycles. The molecule has 0 radical (unpaired) electrons. The van der Waals surface area contributed by atoms with E-state index in [4.69, 9.17) is 4.18 Å². The van der Waals surface area contributed by atoms with E-state index in [1.54, 1.807) is 0 Å². The first-order valence-corrected chi connectivity index (χ1v) is 9.14. The van der Waals surface area contributed by atoms with Crippen LogP contribution >= 0.6 is 0 Å². The second-order valence-corrected chi connectivity index (χ2v) is 7.19. The van der Waals surface area contributed by atoms with Crippen LogP contribution in [0.5, 0.6) is 0 Å². The summed E-state index contributed by atoms with van der Waals surface area (Å²) in [4.78, 5) is 13.4. The largest absolute Gasteiger partial charge is 0.352 e. The van der Waals surface area contributed by atoms with E-state index in [0.29, 0.717) is 26.1 Å². The molecule has 0 spiro atoms. The Morgan fingerprint density at radius 1 is 1.32 bits per heavy atom. The Morgan fingerprint density at radius 2 is 2.05 bits per heavy atom. The third-order valence-electron chi connectivity index (χ3n) is 3.52. The average Bonchev–Trinajstić information content (AvgIpc) is 2.84. The molecule has 1 heterocycles. The van der Waals surface area contributed by atoms with Gasteiger partial charge in [0, 0.05) is 32.1 Å². The molecule has 0 bridgehead atoms. The van der Waals surface area contributed by atoms with Crippen LogP contribution in [-0.4, -0.2) is 51.2 Å². The fraction of sp³-hybridized carbons (Fsp3) is 0.533. The third-order valence-corrected chi connectivity index (χ3v) is 4.11. The zero-order chi connectivity index (χ0) is 16.0. The van der Waals surface area contributed by atoms with Gasteiger partial charge in [-0.2, -0.15) is 8.42 Å². The molecule has 0 unspecified atom stereocenters. The lowest BCUT2D eigenvalue weighted by Gasteiger charge is -2.25. The van der Waals surface area contributed by atoms with Crippen LogP contribution < -0.4 is 5.32 Å². The summed E-state index contributed by atoms with van der Waals surface area (Å²) in [6.45, 7) is 1.99. The predicted octanol–water partition coefficient (Wildman–Crippen LogP) is 0.743. The van der Waals surface area contributed by atoms with Gasteiger partial charge < -0.3 is 5.32 Å². The van der Waals surface area contributed by atoms with Gasteiger partial charge in [-0.3, -0.25) is 13.9 Å². The normalized spacial score (nSPS) is 18.6. The summed E-state index contributed by atoms with van der Waals surface area (Å²) in [6.07, 6.45) is 2.42. The fourth-order valence-electron chi connectivity index (χ4n) is 2.52. The van der Waals surface area contributed by atoms with E-state index >= 15 is 0 Å². The van der Waals surface area contributed by atoms with Gasteiger partial charge in [-0.1, -0.05) is 30.3 Å². The van der Waals surface area contributed by atoms with Crippen LogP contribution in [0.25, 0.3) is 0 Å². The van der Waals surface area contributed by atoms with Crippen LogP contribution in [0.3, 0.4) is 0 Å². The van der Waals surface area contributed by atoms with Gasteiger partial charge in [0.05, 0.1) is 12.9 Å². The van der Waals surface area contributed by atoms with Gasteiger partial charge in [-0.05, 0) is 12.0 Å². The van der Waals surface area contributed by atoms with Gasteiger partial charge in [-0.25, -0.2) is 0 Å². The number of amides is 1. The van der Waals surface area contributed by atoms with Gasteiger partial charge in [-0.15, -0.1) is 0 Å². The van der Waals surface area contributed by atoms with Crippen molar-refractivity contribution in [1.29, 1.82) is 0 Å². The minimum Gasteiger partial charge on any atom is -0.352 e. The van der Waals surface area contributed by atoms with Crippen molar-refractivity contribution >= 4 is 16.0 Å².